The van der Waals surface area contributed by atoms with E-state index in [1.54, 1.807) is 0 Å². The Labute approximate surface area is 124 Å². The molecule has 5 heteroatoms. The van der Waals surface area contributed by atoms with E-state index < -0.39 is 11.4 Å². The van der Waals surface area contributed by atoms with E-state index in [9.17, 15) is 14.3 Å². The molecule has 1 aromatic rings. The molecule has 21 heavy (non-hydrogen) atoms. The van der Waals surface area contributed by atoms with E-state index in [4.69, 9.17) is 4.74 Å². The lowest BCUT2D eigenvalue weighted by atomic mass is 9.79. The maximum absolute atomic E-state index is 13.6. The van der Waals surface area contributed by atoms with E-state index >= 15 is 0 Å². The van der Waals surface area contributed by atoms with Crippen molar-refractivity contribution in [2.75, 3.05) is 13.7 Å². The second kappa shape index (κ2) is 6.43. The van der Waals surface area contributed by atoms with Crippen LogP contribution in [0.15, 0.2) is 18.2 Å². The van der Waals surface area contributed by atoms with Gasteiger partial charge in [-0.2, -0.15) is 0 Å². The van der Waals surface area contributed by atoms with Crippen molar-refractivity contribution in [3.63, 3.8) is 0 Å². The second-order valence-electron chi connectivity index (χ2n) is 5.94. The van der Waals surface area contributed by atoms with Gasteiger partial charge in [0.15, 0.2) is 11.6 Å². The minimum absolute atomic E-state index is 0.103. The molecule has 2 N–H and O–H groups in total. The molecule has 1 aliphatic carbocycles. The van der Waals surface area contributed by atoms with Gasteiger partial charge in [0, 0.05) is 12.1 Å². The standard InChI is InChI=1S/C16H22FNO3/c1-11-5-7-16(20,8-6-11)10-18-15(19)12-3-4-14(21-2)13(17)9-12/h3-4,9,11,20H,5-8,10H2,1-2H3,(H,18,19). The Bertz CT molecular complexity index is 510. The van der Waals surface area contributed by atoms with Crippen LogP contribution in [0.2, 0.25) is 0 Å². The van der Waals surface area contributed by atoms with Crippen molar-refractivity contribution in [2.24, 2.45) is 5.92 Å². The van der Waals surface area contributed by atoms with Crippen LogP contribution >= 0.6 is 0 Å². The molecule has 1 amide bonds. The van der Waals surface area contributed by atoms with E-state index in [1.165, 1.54) is 19.2 Å². The molecule has 1 saturated carbocycles. The van der Waals surface area contributed by atoms with Crippen LogP contribution < -0.4 is 10.1 Å². The SMILES string of the molecule is COc1ccc(C(=O)NCC2(O)CCC(C)CC2)cc1F. The summed E-state index contributed by atoms with van der Waals surface area (Å²) in [7, 11) is 1.37. The maximum atomic E-state index is 13.6. The largest absolute Gasteiger partial charge is 0.494 e. The summed E-state index contributed by atoms with van der Waals surface area (Å²) in [6.45, 7) is 2.37. The van der Waals surface area contributed by atoms with Crippen molar-refractivity contribution in [1.82, 2.24) is 5.32 Å². The molecular formula is C16H22FNO3. The van der Waals surface area contributed by atoms with Gasteiger partial charge in [0.25, 0.3) is 5.91 Å². The number of methoxy groups -OCH3 is 1. The predicted octanol–water partition coefficient (Wildman–Crippen LogP) is 2.51. The van der Waals surface area contributed by atoms with Crippen LogP contribution in [0.4, 0.5) is 4.39 Å². The van der Waals surface area contributed by atoms with E-state index in [2.05, 4.69) is 12.2 Å². The maximum Gasteiger partial charge on any atom is 0.251 e. The lowest BCUT2D eigenvalue weighted by Crippen LogP contribution is -2.45. The van der Waals surface area contributed by atoms with E-state index in [-0.39, 0.29) is 23.8 Å². The van der Waals surface area contributed by atoms with Crippen LogP contribution in [-0.2, 0) is 0 Å². The zero-order chi connectivity index (χ0) is 15.5. The molecule has 0 bridgehead atoms. The number of aliphatic hydroxyl groups is 1. The van der Waals surface area contributed by atoms with Crippen LogP contribution in [-0.4, -0.2) is 30.3 Å². The first-order chi connectivity index (χ1) is 9.93. The molecule has 0 spiro atoms. The quantitative estimate of drug-likeness (QED) is 0.897. The van der Waals surface area contributed by atoms with E-state index in [1.807, 2.05) is 0 Å². The third kappa shape index (κ3) is 3.94. The number of carbonyl (C=O) groups is 1. The number of rotatable bonds is 4. The third-order valence-electron chi connectivity index (χ3n) is 4.20. The van der Waals surface area contributed by atoms with Gasteiger partial charge >= 0.3 is 0 Å². The number of hydrogen-bond acceptors (Lipinski definition) is 3. The summed E-state index contributed by atoms with van der Waals surface area (Å²) in [6.07, 6.45) is 3.30. The molecule has 0 atom stereocenters. The van der Waals surface area contributed by atoms with Crippen molar-refractivity contribution in [1.29, 1.82) is 0 Å². The van der Waals surface area contributed by atoms with Crippen LogP contribution in [0.1, 0.15) is 43.0 Å². The molecule has 116 valence electrons. The van der Waals surface area contributed by atoms with Crippen molar-refractivity contribution in [3.05, 3.63) is 29.6 Å². The molecule has 1 aliphatic rings. The number of benzene rings is 1. The number of nitrogens with one attached hydrogen (secondary N) is 1. The minimum Gasteiger partial charge on any atom is -0.494 e. The van der Waals surface area contributed by atoms with Crippen LogP contribution in [0.3, 0.4) is 0 Å². The van der Waals surface area contributed by atoms with Gasteiger partial charge in [0.1, 0.15) is 0 Å². The summed E-state index contributed by atoms with van der Waals surface area (Å²) in [5.74, 6) is -0.234. The minimum atomic E-state index is -0.840. The first kappa shape index (κ1) is 15.8. The van der Waals surface area contributed by atoms with Crippen molar-refractivity contribution in [3.8, 4) is 5.75 Å². The van der Waals surface area contributed by atoms with Gasteiger partial charge in [-0.25, -0.2) is 4.39 Å². The van der Waals surface area contributed by atoms with E-state index in [0.29, 0.717) is 18.8 Å². The first-order valence-electron chi connectivity index (χ1n) is 7.28. The number of carbonyl (C=O) groups excluding carboxylic acids is 1. The lowest BCUT2D eigenvalue weighted by Gasteiger charge is -2.34. The van der Waals surface area contributed by atoms with Gasteiger partial charge in [-0.15, -0.1) is 0 Å². The van der Waals surface area contributed by atoms with Gasteiger partial charge < -0.3 is 15.2 Å². The Kier molecular flexibility index (Phi) is 4.83. The first-order valence-corrected chi connectivity index (χ1v) is 7.28. The van der Waals surface area contributed by atoms with Gasteiger partial charge in [0.05, 0.1) is 12.7 Å². The Morgan fingerprint density at radius 2 is 2.14 bits per heavy atom. The van der Waals surface area contributed by atoms with Gasteiger partial charge in [-0.05, 0) is 49.8 Å². The fraction of sp³-hybridized carbons (Fsp3) is 0.562. The smallest absolute Gasteiger partial charge is 0.251 e. The number of ether oxygens (including phenoxy) is 1. The Morgan fingerprint density at radius 1 is 1.48 bits per heavy atom. The van der Waals surface area contributed by atoms with Crippen molar-refractivity contribution >= 4 is 5.91 Å². The topological polar surface area (TPSA) is 58.6 Å². The van der Waals surface area contributed by atoms with Gasteiger partial charge in [-0.3, -0.25) is 4.79 Å². The molecule has 0 unspecified atom stereocenters. The highest BCUT2D eigenvalue weighted by Gasteiger charge is 2.32. The molecule has 0 aromatic heterocycles. The fourth-order valence-electron chi connectivity index (χ4n) is 2.63. The molecule has 2 rings (SSSR count). The third-order valence-corrected chi connectivity index (χ3v) is 4.20. The van der Waals surface area contributed by atoms with E-state index in [0.717, 1.165) is 18.9 Å². The van der Waals surface area contributed by atoms with Crippen LogP contribution in [0, 0.1) is 11.7 Å². The fourth-order valence-corrected chi connectivity index (χ4v) is 2.63. The Morgan fingerprint density at radius 3 is 2.71 bits per heavy atom. The summed E-state index contributed by atoms with van der Waals surface area (Å²) in [6, 6.07) is 4.06. The molecule has 0 heterocycles. The molecule has 4 nitrogen and oxygen atoms in total. The Balaban J connectivity index is 1.94. The average molecular weight is 295 g/mol. The highest BCUT2D eigenvalue weighted by molar-refractivity contribution is 5.94. The number of halogens is 1. The molecule has 1 fully saturated rings. The lowest BCUT2D eigenvalue weighted by molar-refractivity contribution is -0.00540. The highest BCUT2D eigenvalue weighted by Crippen LogP contribution is 2.31. The highest BCUT2D eigenvalue weighted by atomic mass is 19.1. The van der Waals surface area contributed by atoms with Crippen LogP contribution in [0.5, 0.6) is 5.75 Å². The molecular weight excluding hydrogens is 273 g/mol. The molecule has 0 saturated heterocycles. The van der Waals surface area contributed by atoms with Crippen LogP contribution in [0.25, 0.3) is 0 Å². The predicted molar refractivity (Wildman–Crippen MR) is 77.9 cm³/mol. The van der Waals surface area contributed by atoms with Crippen molar-refractivity contribution < 1.29 is 19.0 Å². The summed E-state index contributed by atoms with van der Waals surface area (Å²) in [5, 5.41) is 13.1. The zero-order valence-electron chi connectivity index (χ0n) is 12.5. The number of hydrogen-bond donors (Lipinski definition) is 2. The molecule has 0 aliphatic heterocycles. The van der Waals surface area contributed by atoms with Crippen molar-refractivity contribution in [2.45, 2.75) is 38.2 Å². The summed E-state index contributed by atoms with van der Waals surface area (Å²) >= 11 is 0. The molecule has 1 aromatic carbocycles. The normalized spacial score (nSPS) is 25.4. The Hall–Kier alpha value is -1.62. The monoisotopic (exact) mass is 295 g/mol. The summed E-state index contributed by atoms with van der Waals surface area (Å²) in [5.41, 5.74) is -0.617. The average Bonchev–Trinajstić information content (AvgIpc) is 2.48. The summed E-state index contributed by atoms with van der Waals surface area (Å²) in [4.78, 5) is 12.0. The van der Waals surface area contributed by atoms with Gasteiger partial charge in [0.2, 0.25) is 0 Å². The molecule has 0 radical (unpaired) electrons. The van der Waals surface area contributed by atoms with Gasteiger partial charge in [-0.1, -0.05) is 6.92 Å². The zero-order valence-corrected chi connectivity index (χ0v) is 12.5. The number of amides is 1. The summed E-state index contributed by atoms with van der Waals surface area (Å²) < 4.78 is 18.4. The second-order valence-corrected chi connectivity index (χ2v) is 5.94.